The smallest absolute Gasteiger partial charge is 0.253 e. The first-order chi connectivity index (χ1) is 17.1. The van der Waals surface area contributed by atoms with Gasteiger partial charge in [-0.05, 0) is 72.4 Å². The summed E-state index contributed by atoms with van der Waals surface area (Å²) in [6, 6.07) is 6.56. The van der Waals surface area contributed by atoms with Crippen molar-refractivity contribution in [3.63, 3.8) is 0 Å². The highest BCUT2D eigenvalue weighted by Crippen LogP contribution is 2.24. The van der Waals surface area contributed by atoms with Gasteiger partial charge >= 0.3 is 0 Å². The van der Waals surface area contributed by atoms with Crippen LogP contribution in [-0.4, -0.2) is 41.3 Å². The van der Waals surface area contributed by atoms with Crippen LogP contribution in [-0.2, 0) is 9.59 Å². The lowest BCUT2D eigenvalue weighted by molar-refractivity contribution is -0.129. The summed E-state index contributed by atoms with van der Waals surface area (Å²) < 4.78 is 0. The van der Waals surface area contributed by atoms with E-state index in [9.17, 15) is 14.4 Å². The van der Waals surface area contributed by atoms with Gasteiger partial charge in [0.2, 0.25) is 11.8 Å². The van der Waals surface area contributed by atoms with Gasteiger partial charge in [0.15, 0.2) is 0 Å². The highest BCUT2D eigenvalue weighted by Gasteiger charge is 2.18. The van der Waals surface area contributed by atoms with Crippen LogP contribution in [0.5, 0.6) is 0 Å². The fourth-order valence-electron chi connectivity index (χ4n) is 3.24. The average Bonchev–Trinajstić information content (AvgIpc) is 2.83. The lowest BCUT2D eigenvalue weighted by atomic mass is 10.1. The lowest BCUT2D eigenvalue weighted by Crippen LogP contribution is -2.45. The monoisotopic (exact) mass is 515 g/mol. The zero-order chi connectivity index (χ0) is 26.9. The molecule has 4 N–H and O–H groups in total. The van der Waals surface area contributed by atoms with Crippen LogP contribution < -0.4 is 16.1 Å². The molecule has 0 radical (unpaired) electrons. The molecule has 7 nitrogen and oxygen atoms in total. The van der Waals surface area contributed by atoms with Crippen molar-refractivity contribution >= 4 is 29.5 Å². The summed E-state index contributed by atoms with van der Waals surface area (Å²) in [4.78, 5) is 36.9. The molecule has 0 bridgehead atoms. The molecule has 0 spiro atoms. The van der Waals surface area contributed by atoms with E-state index in [1.807, 2.05) is 12.1 Å². The van der Waals surface area contributed by atoms with Crippen LogP contribution in [0.2, 0.25) is 0 Å². The van der Waals surface area contributed by atoms with Crippen LogP contribution in [0.3, 0.4) is 0 Å². The number of benzene rings is 1. The first-order valence-electron chi connectivity index (χ1n) is 12.3. The predicted octanol–water partition coefficient (Wildman–Crippen LogP) is 5.33. The Hall–Kier alpha value is -2.84. The Bertz CT molecular complexity index is 965. The summed E-state index contributed by atoms with van der Waals surface area (Å²) in [6.07, 6.45) is 11.0. The first-order valence-corrected chi connectivity index (χ1v) is 13.3. The standard InChI is InChI=1S/C28H41N3O4S/c1-20(2)10-8-11-21(3)12-9-13-22(4)17-19-36-25-15-7-6-14-24(25)28(34)30-23(5)27(33)29-18-16-26(32)31-35/h6-7,10,12,14-15,17,23,35H,8-9,11,13,16,18-19H2,1-5H3,(H,29,33)(H,30,34)(H,31,32)/b21-12+,22-17+/t23-/m0/s1. The largest absolute Gasteiger partial charge is 0.354 e. The van der Waals surface area contributed by atoms with Crippen molar-refractivity contribution < 1.29 is 19.6 Å². The summed E-state index contributed by atoms with van der Waals surface area (Å²) in [5.41, 5.74) is 6.12. The highest BCUT2D eigenvalue weighted by atomic mass is 32.2. The second-order valence-corrected chi connectivity index (χ2v) is 10.1. The number of nitrogens with one attached hydrogen (secondary N) is 3. The van der Waals surface area contributed by atoms with Crippen LogP contribution in [0, 0.1) is 0 Å². The van der Waals surface area contributed by atoms with E-state index < -0.39 is 17.9 Å². The van der Waals surface area contributed by atoms with Crippen molar-refractivity contribution in [1.29, 1.82) is 0 Å². The molecule has 36 heavy (non-hydrogen) atoms. The van der Waals surface area contributed by atoms with E-state index in [1.54, 1.807) is 30.8 Å². The van der Waals surface area contributed by atoms with Crippen LogP contribution in [0.15, 0.2) is 64.1 Å². The fourth-order valence-corrected chi connectivity index (χ4v) is 4.28. The fraction of sp³-hybridized carbons (Fsp3) is 0.464. The second kappa shape index (κ2) is 17.6. The number of carbonyl (C=O) groups is 3. The molecule has 1 aromatic carbocycles. The van der Waals surface area contributed by atoms with Gasteiger partial charge < -0.3 is 10.6 Å². The molecule has 0 aromatic heterocycles. The van der Waals surface area contributed by atoms with E-state index in [2.05, 4.69) is 56.6 Å². The van der Waals surface area contributed by atoms with Crippen molar-refractivity contribution in [2.24, 2.45) is 0 Å². The lowest BCUT2D eigenvalue weighted by Gasteiger charge is -2.15. The third-order valence-electron chi connectivity index (χ3n) is 5.44. The van der Waals surface area contributed by atoms with Gasteiger partial charge in [-0.1, -0.05) is 47.1 Å². The molecule has 0 saturated heterocycles. The van der Waals surface area contributed by atoms with Crippen LogP contribution >= 0.6 is 11.8 Å². The molecular weight excluding hydrogens is 474 g/mol. The number of hydrogen-bond acceptors (Lipinski definition) is 5. The number of hydroxylamine groups is 1. The molecule has 1 aromatic rings. The van der Waals surface area contributed by atoms with E-state index >= 15 is 0 Å². The molecule has 0 unspecified atom stereocenters. The topological polar surface area (TPSA) is 108 Å². The molecule has 0 aliphatic heterocycles. The van der Waals surface area contributed by atoms with Crippen LogP contribution in [0.1, 0.15) is 77.1 Å². The van der Waals surface area contributed by atoms with Gasteiger partial charge in [-0.25, -0.2) is 5.48 Å². The van der Waals surface area contributed by atoms with Gasteiger partial charge in [0, 0.05) is 23.6 Å². The maximum atomic E-state index is 12.8. The predicted molar refractivity (Wildman–Crippen MR) is 147 cm³/mol. The average molecular weight is 516 g/mol. The number of hydrogen-bond donors (Lipinski definition) is 4. The Kier molecular flexibility index (Phi) is 15.2. The molecular formula is C28H41N3O4S. The van der Waals surface area contributed by atoms with E-state index in [-0.39, 0.29) is 18.9 Å². The molecule has 0 heterocycles. The zero-order valence-corrected chi connectivity index (χ0v) is 23.0. The first kappa shape index (κ1) is 31.2. The molecule has 8 heteroatoms. The highest BCUT2D eigenvalue weighted by molar-refractivity contribution is 7.99. The van der Waals surface area contributed by atoms with E-state index in [4.69, 9.17) is 5.21 Å². The molecule has 1 atom stereocenters. The van der Waals surface area contributed by atoms with Gasteiger partial charge in [0.1, 0.15) is 6.04 Å². The molecule has 198 valence electrons. The summed E-state index contributed by atoms with van der Waals surface area (Å²) in [5, 5.41) is 13.8. The third-order valence-corrected chi connectivity index (χ3v) is 6.44. The van der Waals surface area contributed by atoms with E-state index in [0.29, 0.717) is 5.56 Å². The van der Waals surface area contributed by atoms with Crippen LogP contribution in [0.4, 0.5) is 0 Å². The molecule has 3 amide bonds. The Labute approximate surface area is 219 Å². The number of thioether (sulfide) groups is 1. The minimum Gasteiger partial charge on any atom is -0.354 e. The summed E-state index contributed by atoms with van der Waals surface area (Å²) in [6.45, 7) is 10.2. The molecule has 0 aliphatic carbocycles. The van der Waals surface area contributed by atoms with Crippen molar-refractivity contribution in [3.05, 3.63) is 64.8 Å². The third kappa shape index (κ3) is 13.3. The van der Waals surface area contributed by atoms with Crippen molar-refractivity contribution in [2.45, 2.75) is 77.7 Å². The van der Waals surface area contributed by atoms with Crippen molar-refractivity contribution in [1.82, 2.24) is 16.1 Å². The van der Waals surface area contributed by atoms with E-state index in [0.717, 1.165) is 36.3 Å². The van der Waals surface area contributed by atoms with Gasteiger partial charge in [0.25, 0.3) is 5.91 Å². The van der Waals surface area contributed by atoms with Crippen molar-refractivity contribution in [2.75, 3.05) is 12.3 Å². The Morgan fingerprint density at radius 2 is 1.58 bits per heavy atom. The quantitative estimate of drug-likeness (QED) is 0.109. The zero-order valence-electron chi connectivity index (χ0n) is 22.1. The van der Waals surface area contributed by atoms with E-state index in [1.165, 1.54) is 22.2 Å². The molecule has 0 aliphatic rings. The normalized spacial score (nSPS) is 12.5. The molecule has 1 rings (SSSR count). The van der Waals surface area contributed by atoms with Gasteiger partial charge in [-0.15, -0.1) is 11.8 Å². The summed E-state index contributed by atoms with van der Waals surface area (Å²) in [5.74, 6) is -0.575. The maximum absolute atomic E-state index is 12.8. The summed E-state index contributed by atoms with van der Waals surface area (Å²) in [7, 11) is 0. The SMILES string of the molecule is CC(C)=CCC/C(C)=C/CC/C(C)=C/CSc1ccccc1C(=O)N[C@@H](C)C(=O)NCCC(=O)NO. The Morgan fingerprint density at radius 3 is 2.25 bits per heavy atom. The minimum atomic E-state index is -0.770. The maximum Gasteiger partial charge on any atom is 0.253 e. The number of rotatable bonds is 15. The number of carbonyl (C=O) groups excluding carboxylic acids is 3. The van der Waals surface area contributed by atoms with Crippen LogP contribution in [0.25, 0.3) is 0 Å². The molecule has 0 fully saturated rings. The van der Waals surface area contributed by atoms with Gasteiger partial charge in [-0.2, -0.15) is 0 Å². The Balaban J connectivity index is 2.55. The summed E-state index contributed by atoms with van der Waals surface area (Å²) >= 11 is 1.58. The van der Waals surface area contributed by atoms with Gasteiger partial charge in [-0.3, -0.25) is 19.6 Å². The minimum absolute atomic E-state index is 0.0541. The van der Waals surface area contributed by atoms with Crippen molar-refractivity contribution in [3.8, 4) is 0 Å². The van der Waals surface area contributed by atoms with Gasteiger partial charge in [0.05, 0.1) is 5.56 Å². The number of allylic oxidation sites excluding steroid dienone is 5. The number of amides is 3. The second-order valence-electron chi connectivity index (χ2n) is 9.04. The molecule has 0 saturated carbocycles. The Morgan fingerprint density at radius 1 is 0.944 bits per heavy atom.